The van der Waals surface area contributed by atoms with Crippen molar-refractivity contribution in [3.63, 3.8) is 0 Å². The Morgan fingerprint density at radius 2 is 1.62 bits per heavy atom. The number of nitrogens with one attached hydrogen (secondary N) is 2. The summed E-state index contributed by atoms with van der Waals surface area (Å²) in [5.74, 6) is -1.29. The van der Waals surface area contributed by atoms with E-state index in [-0.39, 0.29) is 0 Å². The number of carbonyl (C=O) groups is 3. The minimum absolute atomic E-state index is 0.397. The van der Waals surface area contributed by atoms with Crippen molar-refractivity contribution >= 4 is 17.9 Å². The first-order valence-electron chi connectivity index (χ1n) is 7.40. The van der Waals surface area contributed by atoms with Gasteiger partial charge in [-0.05, 0) is 23.6 Å². The summed E-state index contributed by atoms with van der Waals surface area (Å²) in [6.07, 6.45) is 0.580. The van der Waals surface area contributed by atoms with Crippen LogP contribution in [0.4, 0.5) is 4.79 Å². The number of esters is 1. The molecule has 0 aromatic heterocycles. The first-order chi connectivity index (χ1) is 11.6. The number of amides is 3. The molecular weight excluding hydrogens is 308 g/mol. The van der Waals surface area contributed by atoms with Crippen molar-refractivity contribution in [3.05, 3.63) is 71.3 Å². The first kappa shape index (κ1) is 17.2. The minimum Gasteiger partial charge on any atom is -0.452 e. The van der Waals surface area contributed by atoms with E-state index in [1.807, 2.05) is 47.8 Å². The molecule has 3 amide bonds. The van der Waals surface area contributed by atoms with Gasteiger partial charge in [0.1, 0.15) is 0 Å². The van der Waals surface area contributed by atoms with Crippen LogP contribution < -0.4 is 10.6 Å². The van der Waals surface area contributed by atoms with Crippen molar-refractivity contribution in [2.24, 2.45) is 0 Å². The molecule has 0 saturated heterocycles. The van der Waals surface area contributed by atoms with Crippen molar-refractivity contribution in [2.75, 3.05) is 13.7 Å². The normalized spacial score (nSPS) is 9.88. The van der Waals surface area contributed by atoms with Gasteiger partial charge >= 0.3 is 12.0 Å². The molecule has 0 aliphatic heterocycles. The second kappa shape index (κ2) is 8.47. The molecule has 2 rings (SSSR count). The van der Waals surface area contributed by atoms with Gasteiger partial charge in [0.05, 0.1) is 5.56 Å². The molecule has 2 aromatic rings. The van der Waals surface area contributed by atoms with E-state index >= 15 is 0 Å². The van der Waals surface area contributed by atoms with Crippen molar-refractivity contribution in [3.8, 4) is 0 Å². The molecule has 6 nitrogen and oxygen atoms in total. The van der Waals surface area contributed by atoms with Crippen molar-refractivity contribution in [1.82, 2.24) is 10.6 Å². The zero-order chi connectivity index (χ0) is 17.4. The van der Waals surface area contributed by atoms with Crippen LogP contribution in [-0.4, -0.2) is 31.6 Å². The standard InChI is InChI=1S/C18H18N2O4/c1-19-18(23)20-16(21)12-24-17(22)15-10-6-5-9-14(15)11-13-7-3-2-4-8-13/h2-10H,11-12H2,1H3,(H2,19,20,21,23). The highest BCUT2D eigenvalue weighted by molar-refractivity contribution is 5.97. The molecule has 0 spiro atoms. The predicted octanol–water partition coefficient (Wildman–Crippen LogP) is 1.89. The zero-order valence-corrected chi connectivity index (χ0v) is 13.2. The Morgan fingerprint density at radius 3 is 2.33 bits per heavy atom. The van der Waals surface area contributed by atoms with Crippen LogP contribution in [0.5, 0.6) is 0 Å². The number of rotatable bonds is 5. The number of hydrogen-bond acceptors (Lipinski definition) is 4. The summed E-state index contributed by atoms with van der Waals surface area (Å²) >= 11 is 0. The summed E-state index contributed by atoms with van der Waals surface area (Å²) < 4.78 is 4.98. The fourth-order valence-corrected chi connectivity index (χ4v) is 2.12. The second-order valence-corrected chi connectivity index (χ2v) is 5.02. The van der Waals surface area contributed by atoms with Gasteiger partial charge in [-0.25, -0.2) is 9.59 Å². The first-order valence-corrected chi connectivity index (χ1v) is 7.40. The summed E-state index contributed by atoms with van der Waals surface area (Å²) in [5, 5.41) is 4.26. The molecule has 0 saturated carbocycles. The molecule has 0 atom stereocenters. The van der Waals surface area contributed by atoms with Gasteiger partial charge in [0, 0.05) is 7.05 Å². The van der Waals surface area contributed by atoms with E-state index in [1.165, 1.54) is 7.05 Å². The topological polar surface area (TPSA) is 84.5 Å². The number of ether oxygens (including phenoxy) is 1. The molecule has 6 heteroatoms. The maximum absolute atomic E-state index is 12.2. The lowest BCUT2D eigenvalue weighted by Crippen LogP contribution is -2.39. The van der Waals surface area contributed by atoms with Gasteiger partial charge < -0.3 is 10.1 Å². The van der Waals surface area contributed by atoms with Crippen LogP contribution >= 0.6 is 0 Å². The fourth-order valence-electron chi connectivity index (χ4n) is 2.12. The molecule has 0 unspecified atom stereocenters. The molecule has 0 aliphatic carbocycles. The monoisotopic (exact) mass is 326 g/mol. The lowest BCUT2D eigenvalue weighted by molar-refractivity contribution is -0.123. The lowest BCUT2D eigenvalue weighted by atomic mass is 10.00. The Balaban J connectivity index is 2.02. The van der Waals surface area contributed by atoms with Gasteiger partial charge in [-0.1, -0.05) is 48.5 Å². The Morgan fingerprint density at radius 1 is 0.958 bits per heavy atom. The van der Waals surface area contributed by atoms with Gasteiger partial charge in [0.15, 0.2) is 6.61 Å². The number of urea groups is 1. The fraction of sp³-hybridized carbons (Fsp3) is 0.167. The Hall–Kier alpha value is -3.15. The number of imide groups is 1. The number of carbonyl (C=O) groups excluding carboxylic acids is 3. The van der Waals surface area contributed by atoms with Gasteiger partial charge in [-0.3, -0.25) is 10.1 Å². The smallest absolute Gasteiger partial charge is 0.338 e. The van der Waals surface area contributed by atoms with Crippen LogP contribution in [-0.2, 0) is 16.0 Å². The highest BCUT2D eigenvalue weighted by atomic mass is 16.5. The Labute approximate surface area is 139 Å². The zero-order valence-electron chi connectivity index (χ0n) is 13.2. The summed E-state index contributed by atoms with van der Waals surface area (Å²) in [4.78, 5) is 34.7. The van der Waals surface area contributed by atoms with Gasteiger partial charge in [0.2, 0.25) is 0 Å². The summed E-state index contributed by atoms with van der Waals surface area (Å²) in [7, 11) is 1.38. The van der Waals surface area contributed by atoms with E-state index in [0.717, 1.165) is 11.1 Å². The van der Waals surface area contributed by atoms with Gasteiger partial charge in [-0.15, -0.1) is 0 Å². The number of hydrogen-bond donors (Lipinski definition) is 2. The third-order valence-corrected chi connectivity index (χ3v) is 3.29. The van der Waals surface area contributed by atoms with Crippen LogP contribution in [0.25, 0.3) is 0 Å². The molecule has 124 valence electrons. The van der Waals surface area contributed by atoms with E-state index < -0.39 is 24.5 Å². The molecule has 0 fully saturated rings. The van der Waals surface area contributed by atoms with Crippen LogP contribution in [0, 0.1) is 0 Å². The van der Waals surface area contributed by atoms with Crippen LogP contribution in [0.2, 0.25) is 0 Å². The average Bonchev–Trinajstić information content (AvgIpc) is 2.61. The van der Waals surface area contributed by atoms with Crippen LogP contribution in [0.15, 0.2) is 54.6 Å². The maximum atomic E-state index is 12.2. The van der Waals surface area contributed by atoms with Crippen LogP contribution in [0.1, 0.15) is 21.5 Å². The third kappa shape index (κ3) is 4.95. The van der Waals surface area contributed by atoms with Crippen molar-refractivity contribution in [1.29, 1.82) is 0 Å². The second-order valence-electron chi connectivity index (χ2n) is 5.02. The van der Waals surface area contributed by atoms with Crippen molar-refractivity contribution < 1.29 is 19.1 Å². The third-order valence-electron chi connectivity index (χ3n) is 3.29. The van der Waals surface area contributed by atoms with Crippen molar-refractivity contribution in [2.45, 2.75) is 6.42 Å². The summed E-state index contributed by atoms with van der Waals surface area (Å²) in [5.41, 5.74) is 2.27. The van der Waals surface area contributed by atoms with E-state index in [2.05, 4.69) is 5.32 Å². The largest absolute Gasteiger partial charge is 0.452 e. The summed E-state index contributed by atoms with van der Waals surface area (Å²) in [6, 6.07) is 16.1. The van der Waals surface area contributed by atoms with E-state index in [0.29, 0.717) is 12.0 Å². The number of benzene rings is 2. The van der Waals surface area contributed by atoms with Crippen LogP contribution in [0.3, 0.4) is 0 Å². The Kier molecular flexibility index (Phi) is 6.08. The van der Waals surface area contributed by atoms with E-state index in [1.54, 1.807) is 12.1 Å². The highest BCUT2D eigenvalue weighted by Crippen LogP contribution is 2.15. The molecule has 2 aromatic carbocycles. The van der Waals surface area contributed by atoms with Gasteiger partial charge in [-0.2, -0.15) is 0 Å². The van der Waals surface area contributed by atoms with E-state index in [4.69, 9.17) is 4.74 Å². The summed E-state index contributed by atoms with van der Waals surface area (Å²) in [6.45, 7) is -0.522. The average molecular weight is 326 g/mol. The molecule has 0 radical (unpaired) electrons. The SMILES string of the molecule is CNC(=O)NC(=O)COC(=O)c1ccccc1Cc1ccccc1. The minimum atomic E-state index is -0.691. The molecule has 0 heterocycles. The quantitative estimate of drug-likeness (QED) is 0.822. The molecule has 2 N–H and O–H groups in total. The van der Waals surface area contributed by atoms with E-state index in [9.17, 15) is 14.4 Å². The molecule has 24 heavy (non-hydrogen) atoms. The lowest BCUT2D eigenvalue weighted by Gasteiger charge is -2.10. The predicted molar refractivity (Wildman–Crippen MR) is 88.6 cm³/mol. The van der Waals surface area contributed by atoms with Gasteiger partial charge in [0.25, 0.3) is 5.91 Å². The highest BCUT2D eigenvalue weighted by Gasteiger charge is 2.15. The Bertz CT molecular complexity index is 729. The molecule has 0 aliphatic rings. The molecule has 0 bridgehead atoms. The maximum Gasteiger partial charge on any atom is 0.338 e. The molecular formula is C18H18N2O4.